The second-order valence-corrected chi connectivity index (χ2v) is 7.41. The lowest BCUT2D eigenvalue weighted by atomic mass is 10.2. The number of hydrogen-bond donors (Lipinski definition) is 2. The van der Waals surface area contributed by atoms with Crippen LogP contribution < -0.4 is 10.6 Å². The Morgan fingerprint density at radius 3 is 2.50 bits per heavy atom. The molecule has 28 heavy (non-hydrogen) atoms. The van der Waals surface area contributed by atoms with Crippen molar-refractivity contribution in [3.63, 3.8) is 0 Å². The Hall–Kier alpha value is -2.10. The zero-order chi connectivity index (χ0) is 20.3. The topological polar surface area (TPSA) is 41.9 Å². The third-order valence-electron chi connectivity index (χ3n) is 3.72. The van der Waals surface area contributed by atoms with Crippen LogP contribution in [-0.4, -0.2) is 14.9 Å². The van der Waals surface area contributed by atoms with Crippen molar-refractivity contribution >= 4 is 56.4 Å². The summed E-state index contributed by atoms with van der Waals surface area (Å²) in [7, 11) is 0. The Kier molecular flexibility index (Phi) is 6.26. The van der Waals surface area contributed by atoms with Crippen molar-refractivity contribution in [3.8, 4) is 0 Å². The predicted octanol–water partition coefficient (Wildman–Crippen LogP) is 6.18. The minimum atomic E-state index is -4.49. The van der Waals surface area contributed by atoms with Crippen LogP contribution in [0.2, 0.25) is 5.02 Å². The highest BCUT2D eigenvalue weighted by Crippen LogP contribution is 2.34. The van der Waals surface area contributed by atoms with Crippen molar-refractivity contribution in [2.24, 2.45) is 0 Å². The van der Waals surface area contributed by atoms with Gasteiger partial charge in [-0.15, -0.1) is 0 Å². The van der Waals surface area contributed by atoms with Crippen LogP contribution in [0.25, 0.3) is 0 Å². The van der Waals surface area contributed by atoms with Gasteiger partial charge >= 0.3 is 6.18 Å². The first kappa shape index (κ1) is 20.6. The minimum absolute atomic E-state index is 0.0135. The maximum Gasteiger partial charge on any atom is 0.418 e. The Morgan fingerprint density at radius 1 is 1.11 bits per heavy atom. The van der Waals surface area contributed by atoms with Crippen molar-refractivity contribution in [1.29, 1.82) is 0 Å². The number of anilines is 2. The van der Waals surface area contributed by atoms with Gasteiger partial charge < -0.3 is 10.6 Å². The van der Waals surface area contributed by atoms with Crippen LogP contribution in [0.5, 0.6) is 0 Å². The van der Waals surface area contributed by atoms with Gasteiger partial charge in [0, 0.05) is 11.2 Å². The van der Waals surface area contributed by atoms with Gasteiger partial charge in [-0.05, 0) is 51.9 Å². The third-order valence-corrected chi connectivity index (χ3v) is 4.87. The minimum Gasteiger partial charge on any atom is -0.332 e. The van der Waals surface area contributed by atoms with Crippen molar-refractivity contribution in [2.45, 2.75) is 12.7 Å². The van der Waals surface area contributed by atoms with E-state index in [-0.39, 0.29) is 10.8 Å². The highest BCUT2D eigenvalue weighted by molar-refractivity contribution is 9.10. The van der Waals surface area contributed by atoms with Gasteiger partial charge in [0.15, 0.2) is 10.9 Å². The number of thiocarbonyl (C=S) groups is 1. The van der Waals surface area contributed by atoms with Crippen LogP contribution >= 0.6 is 39.7 Å². The summed E-state index contributed by atoms with van der Waals surface area (Å²) in [6.45, 7) is 0.428. The summed E-state index contributed by atoms with van der Waals surface area (Å²) in [4.78, 5) is 0. The summed E-state index contributed by atoms with van der Waals surface area (Å²) in [5.41, 5.74) is -0.0629. The summed E-state index contributed by atoms with van der Waals surface area (Å²) in [6.07, 6.45) is -2.77. The van der Waals surface area contributed by atoms with E-state index in [2.05, 4.69) is 31.7 Å². The molecule has 2 aromatic carbocycles. The van der Waals surface area contributed by atoms with E-state index in [4.69, 9.17) is 23.8 Å². The first-order chi connectivity index (χ1) is 13.2. The number of aromatic nitrogens is 2. The highest BCUT2D eigenvalue weighted by atomic mass is 79.9. The fourth-order valence-electron chi connectivity index (χ4n) is 2.46. The highest BCUT2D eigenvalue weighted by Gasteiger charge is 2.33. The Morgan fingerprint density at radius 2 is 1.79 bits per heavy atom. The molecular weight excluding hydrogens is 477 g/mol. The quantitative estimate of drug-likeness (QED) is 0.430. The van der Waals surface area contributed by atoms with Gasteiger partial charge in [0.2, 0.25) is 0 Å². The van der Waals surface area contributed by atoms with Crippen LogP contribution in [0, 0.1) is 0 Å². The lowest BCUT2D eigenvalue weighted by Crippen LogP contribution is -2.22. The summed E-state index contributed by atoms with van der Waals surface area (Å²) in [6, 6.07) is 12.5. The Labute approximate surface area is 177 Å². The average Bonchev–Trinajstić information content (AvgIpc) is 2.95. The monoisotopic (exact) mass is 488 g/mol. The molecule has 1 heterocycles. The molecule has 0 atom stereocenters. The van der Waals surface area contributed by atoms with Gasteiger partial charge in [-0.3, -0.25) is 4.68 Å². The maximum absolute atomic E-state index is 13.1. The smallest absolute Gasteiger partial charge is 0.332 e. The summed E-state index contributed by atoms with van der Waals surface area (Å²) < 4.78 is 41.5. The Bertz CT molecular complexity index is 1010. The van der Waals surface area contributed by atoms with Crippen molar-refractivity contribution in [2.75, 3.05) is 10.6 Å². The number of nitrogens with one attached hydrogen (secondary N) is 2. The zero-order valence-electron chi connectivity index (χ0n) is 14.1. The molecule has 0 saturated carbocycles. The Balaban J connectivity index is 1.72. The third kappa shape index (κ3) is 5.03. The zero-order valence-corrected chi connectivity index (χ0v) is 17.3. The molecule has 3 aromatic rings. The number of nitrogens with zero attached hydrogens (tertiary/aromatic N) is 2. The fraction of sp³-hybridized carbons (Fsp3) is 0.111. The molecule has 0 aliphatic heterocycles. The molecule has 0 radical (unpaired) electrons. The molecule has 4 nitrogen and oxygen atoms in total. The fourth-order valence-corrected chi connectivity index (χ4v) is 3.28. The van der Waals surface area contributed by atoms with Gasteiger partial charge in [-0.25, -0.2) is 0 Å². The molecule has 146 valence electrons. The number of rotatable bonds is 4. The SMILES string of the molecule is FC(F)(F)c1ccccc1NC(=S)Nc1nn(Cc2ccccc2Cl)cc1Br. The molecule has 0 spiro atoms. The van der Waals surface area contributed by atoms with E-state index in [1.807, 2.05) is 18.2 Å². The van der Waals surface area contributed by atoms with E-state index in [0.717, 1.165) is 11.6 Å². The standard InChI is InChI=1S/C18H13BrClF3N4S/c19-13-10-27(9-11-5-1-3-7-14(11)20)26-16(13)25-17(28)24-15-8-4-2-6-12(15)18(21,22)23/h1-8,10H,9H2,(H2,24,25,26,28). The molecule has 2 N–H and O–H groups in total. The van der Waals surface area contributed by atoms with E-state index in [0.29, 0.717) is 21.9 Å². The molecule has 0 fully saturated rings. The first-order valence-electron chi connectivity index (χ1n) is 7.94. The lowest BCUT2D eigenvalue weighted by molar-refractivity contribution is -0.136. The van der Waals surface area contributed by atoms with Crippen LogP contribution in [0.3, 0.4) is 0 Å². The van der Waals surface area contributed by atoms with Crippen molar-refractivity contribution < 1.29 is 13.2 Å². The molecule has 0 bridgehead atoms. The van der Waals surface area contributed by atoms with Gasteiger partial charge in [0.1, 0.15) is 0 Å². The van der Waals surface area contributed by atoms with E-state index in [1.54, 1.807) is 16.9 Å². The van der Waals surface area contributed by atoms with E-state index < -0.39 is 11.7 Å². The molecule has 1 aromatic heterocycles. The molecule has 0 aliphatic rings. The second kappa shape index (κ2) is 8.50. The molecule has 3 rings (SSSR count). The lowest BCUT2D eigenvalue weighted by Gasteiger charge is -2.15. The molecule has 0 aliphatic carbocycles. The normalized spacial score (nSPS) is 11.3. The summed E-state index contributed by atoms with van der Waals surface area (Å²) >= 11 is 14.7. The number of para-hydroxylation sites is 1. The average molecular weight is 490 g/mol. The van der Waals surface area contributed by atoms with Crippen LogP contribution in [0.4, 0.5) is 24.7 Å². The van der Waals surface area contributed by atoms with E-state index in [9.17, 15) is 13.2 Å². The molecule has 0 saturated heterocycles. The van der Waals surface area contributed by atoms with Gasteiger partial charge in [-0.1, -0.05) is 41.9 Å². The first-order valence-corrected chi connectivity index (χ1v) is 9.52. The molecular formula is C18H13BrClF3N4S. The molecule has 0 unspecified atom stereocenters. The van der Waals surface area contributed by atoms with Crippen molar-refractivity contribution in [1.82, 2.24) is 9.78 Å². The van der Waals surface area contributed by atoms with Crippen LogP contribution in [0.1, 0.15) is 11.1 Å². The van der Waals surface area contributed by atoms with Gasteiger partial charge in [0.25, 0.3) is 0 Å². The van der Waals surface area contributed by atoms with E-state index >= 15 is 0 Å². The number of alkyl halides is 3. The van der Waals surface area contributed by atoms with Crippen molar-refractivity contribution in [3.05, 3.63) is 75.4 Å². The molecule has 10 heteroatoms. The van der Waals surface area contributed by atoms with Gasteiger partial charge in [0.05, 0.1) is 22.3 Å². The molecule has 0 amide bonds. The number of hydrogen-bond acceptors (Lipinski definition) is 2. The predicted molar refractivity (Wildman–Crippen MR) is 112 cm³/mol. The summed E-state index contributed by atoms with van der Waals surface area (Å²) in [5.74, 6) is 0.369. The van der Waals surface area contributed by atoms with Gasteiger partial charge in [-0.2, -0.15) is 18.3 Å². The maximum atomic E-state index is 13.1. The van der Waals surface area contributed by atoms with Crippen LogP contribution in [-0.2, 0) is 12.7 Å². The second-order valence-electron chi connectivity index (χ2n) is 5.74. The van der Waals surface area contributed by atoms with Crippen LogP contribution in [0.15, 0.2) is 59.2 Å². The largest absolute Gasteiger partial charge is 0.418 e. The number of halogens is 5. The number of benzene rings is 2. The summed E-state index contributed by atoms with van der Waals surface area (Å²) in [5, 5.41) is 10.3. The van der Waals surface area contributed by atoms with E-state index in [1.165, 1.54) is 18.2 Å².